The molecule has 2 N–H and O–H groups in total. The molecule has 0 saturated heterocycles. The molecule has 0 heterocycles. The second kappa shape index (κ2) is 19.6. The maximum absolute atomic E-state index is 17.8. The number of rotatable bonds is 7. The molecule has 0 spiro atoms. The number of benzene rings is 5. The highest BCUT2D eigenvalue weighted by atomic mass is 19.2. The molecule has 0 aliphatic heterocycles. The standard InChI is InChI=1S/C24HBF20O3.2C8H11N/c26-4-1(5(27)11(33)16(38)10(4)32)22(44)20(42)19(41)21(43)23(48-25(46)47,2-6(28)12(34)17(39)13(35)7(2)29)24(22,45)3-8(30)14(36)18(40)15(37)9(3)31;2*1-9(2)8-6-4-3-5-7-8/h20H;2*3-7H,1-2H3/q-2;;/p+2. The normalized spacial score (nSPS) is 20.6. The van der Waals surface area contributed by atoms with Crippen LogP contribution in [0.4, 0.5) is 99.2 Å². The molecule has 5 aromatic carbocycles. The monoisotopic (exact) mass is 972 g/mol. The Balaban J connectivity index is 0.000000435. The van der Waals surface area contributed by atoms with Crippen LogP contribution in [0.2, 0.25) is 0 Å². The first kappa shape index (κ1) is 52.9. The maximum atomic E-state index is 17.8. The Labute approximate surface area is 358 Å². The Morgan fingerprint density at radius 1 is 0.439 bits per heavy atom. The molecule has 1 aliphatic carbocycles. The summed E-state index contributed by atoms with van der Waals surface area (Å²) in [6.07, 6.45) is -5.64. The molecule has 0 saturated carbocycles. The lowest BCUT2D eigenvalue weighted by molar-refractivity contribution is -0.786. The number of alkyl halides is 3. The fourth-order valence-corrected chi connectivity index (χ4v) is 6.60. The van der Waals surface area contributed by atoms with Gasteiger partial charge in [0.2, 0.25) is 28.8 Å². The van der Waals surface area contributed by atoms with Gasteiger partial charge in [0.15, 0.2) is 93.2 Å². The minimum atomic E-state index is -7.33. The molecule has 0 aromatic heterocycles. The first-order valence-corrected chi connectivity index (χ1v) is 17.9. The van der Waals surface area contributed by atoms with Gasteiger partial charge in [0.1, 0.15) is 11.4 Å². The lowest BCUT2D eigenvalue weighted by atomic mass is 9.57. The Morgan fingerprint density at radius 3 is 0.985 bits per heavy atom. The molecule has 0 radical (unpaired) electrons. The van der Waals surface area contributed by atoms with Crippen LogP contribution < -0.4 is 19.8 Å². The average molecular weight is 972 g/mol. The van der Waals surface area contributed by atoms with Crippen LogP contribution >= 0.6 is 0 Å². The van der Waals surface area contributed by atoms with E-state index in [9.17, 15) is 58.3 Å². The molecule has 26 heteroatoms. The number of quaternary nitrogens is 2. The zero-order valence-electron chi connectivity index (χ0n) is 33.2. The van der Waals surface area contributed by atoms with E-state index in [1.807, 2.05) is 12.1 Å². The lowest BCUT2D eigenvalue weighted by Crippen LogP contribution is -3.00. The van der Waals surface area contributed by atoms with E-state index in [1.54, 1.807) is 0 Å². The summed E-state index contributed by atoms with van der Waals surface area (Å²) in [5, 5.41) is 23.2. The predicted octanol–water partition coefficient (Wildman–Crippen LogP) is 6.85. The van der Waals surface area contributed by atoms with Crippen molar-refractivity contribution in [3.63, 3.8) is 0 Å². The van der Waals surface area contributed by atoms with Crippen molar-refractivity contribution >= 4 is 18.7 Å². The molecule has 1 aliphatic rings. The average Bonchev–Trinajstić information content (AvgIpc) is 3.29. The Bertz CT molecular complexity index is 2530. The zero-order chi connectivity index (χ0) is 50.3. The third kappa shape index (κ3) is 8.36. The quantitative estimate of drug-likeness (QED) is 0.0813. The summed E-state index contributed by atoms with van der Waals surface area (Å²) in [5.41, 5.74) is -30.5. The van der Waals surface area contributed by atoms with Crippen molar-refractivity contribution in [1.29, 1.82) is 0 Å². The minimum absolute atomic E-state index is 1.33. The fourth-order valence-electron chi connectivity index (χ4n) is 6.60. The molecular weight excluding hydrogens is 947 g/mol. The fraction of sp³-hybridized carbons (Fsp3) is 0.200. The molecule has 4 unspecified atom stereocenters. The lowest BCUT2D eigenvalue weighted by Gasteiger charge is -2.57. The van der Waals surface area contributed by atoms with Crippen LogP contribution in [0, 0.1) is 87.3 Å². The van der Waals surface area contributed by atoms with Crippen LogP contribution in [0.15, 0.2) is 72.3 Å². The summed E-state index contributed by atoms with van der Waals surface area (Å²) in [4.78, 5) is 2.74. The van der Waals surface area contributed by atoms with E-state index in [-0.39, 0.29) is 0 Å². The van der Waals surface area contributed by atoms with Gasteiger partial charge in [0.25, 0.3) is 0 Å². The summed E-state index contributed by atoms with van der Waals surface area (Å²) < 4.78 is 303. The van der Waals surface area contributed by atoms with E-state index in [4.69, 9.17) is 0 Å². The van der Waals surface area contributed by atoms with Crippen molar-refractivity contribution in [2.75, 3.05) is 28.2 Å². The summed E-state index contributed by atoms with van der Waals surface area (Å²) in [6, 6.07) is 20.8. The van der Waals surface area contributed by atoms with Gasteiger partial charge in [-0.05, 0) is 24.3 Å². The van der Waals surface area contributed by atoms with Crippen molar-refractivity contribution < 1.29 is 112 Å². The van der Waals surface area contributed by atoms with Gasteiger partial charge >= 0.3 is 0 Å². The van der Waals surface area contributed by atoms with Gasteiger partial charge in [-0.2, -0.15) is 0 Å². The van der Waals surface area contributed by atoms with Crippen LogP contribution in [0.3, 0.4) is 0 Å². The highest BCUT2D eigenvalue weighted by Crippen LogP contribution is 2.69. The molecule has 4 atom stereocenters. The van der Waals surface area contributed by atoms with Crippen LogP contribution in [-0.4, -0.2) is 41.7 Å². The second-order valence-corrected chi connectivity index (χ2v) is 14.0. The Morgan fingerprint density at radius 2 is 0.712 bits per heavy atom. The first-order valence-electron chi connectivity index (χ1n) is 17.9. The predicted molar refractivity (Wildman–Crippen MR) is 185 cm³/mol. The van der Waals surface area contributed by atoms with Gasteiger partial charge < -0.3 is 24.5 Å². The van der Waals surface area contributed by atoms with E-state index in [0.29, 0.717) is 0 Å². The first-order chi connectivity index (χ1) is 30.5. The largest absolute Gasteiger partial charge is 0.871 e. The summed E-state index contributed by atoms with van der Waals surface area (Å²) in [6.45, 7) is 0. The minimum Gasteiger partial charge on any atom is -0.871 e. The van der Waals surface area contributed by atoms with Crippen LogP contribution in [0.5, 0.6) is 0 Å². The molecule has 5 aromatic rings. The van der Waals surface area contributed by atoms with Gasteiger partial charge in [-0.25, -0.2) is 87.8 Å². The highest BCUT2D eigenvalue weighted by molar-refractivity contribution is 6.28. The topological polar surface area (TPSA) is 64.2 Å². The van der Waals surface area contributed by atoms with Gasteiger partial charge in [0.05, 0.1) is 52.2 Å². The Kier molecular flexibility index (Phi) is 15.8. The SMILES string of the molecule is C[NH+](C)c1ccccc1.C[NH+](C)c1ccccc1.[O-]B([O-])OC1(c2c(F)c(F)c(F)c(F)c2F)C(F)=C(F)C(F)C(F)(c2c(F)c(F)c(F)c(F)c2F)C1(F)c1c(F)c(F)c(F)c(F)c1F. The van der Waals surface area contributed by atoms with Gasteiger partial charge in [-0.3, -0.25) is 0 Å². The highest BCUT2D eigenvalue weighted by Gasteiger charge is 2.81. The third-order valence-electron chi connectivity index (χ3n) is 9.74. The zero-order valence-corrected chi connectivity index (χ0v) is 33.2. The summed E-state index contributed by atoms with van der Waals surface area (Å²) in [7, 11) is 3.47. The van der Waals surface area contributed by atoms with Crippen molar-refractivity contribution in [1.82, 2.24) is 0 Å². The van der Waals surface area contributed by atoms with Gasteiger partial charge in [-0.1, -0.05) is 36.4 Å². The molecule has 6 rings (SSSR count). The van der Waals surface area contributed by atoms with Gasteiger partial charge in [0, 0.05) is 0 Å². The molecule has 356 valence electrons. The van der Waals surface area contributed by atoms with E-state index in [0.717, 1.165) is 0 Å². The van der Waals surface area contributed by atoms with Crippen LogP contribution in [0.1, 0.15) is 16.7 Å². The molecule has 66 heavy (non-hydrogen) atoms. The van der Waals surface area contributed by atoms with Crippen molar-refractivity contribution in [2.45, 2.75) is 23.1 Å². The molecular formula is C40H25BF20N2O3. The number of hydrogen-bond donors (Lipinski definition) is 2. The van der Waals surface area contributed by atoms with E-state index in [1.165, 1.54) is 21.2 Å². The molecule has 0 bridgehead atoms. The molecule has 0 fully saturated rings. The van der Waals surface area contributed by atoms with Gasteiger partial charge in [-0.15, -0.1) is 0 Å². The number of halogens is 20. The summed E-state index contributed by atoms with van der Waals surface area (Å²) in [5.74, 6) is -64.6. The number of nitrogens with one attached hydrogen (secondary N) is 2. The number of allylic oxidation sites excluding steroid dienone is 1. The van der Waals surface area contributed by atoms with E-state index >= 15 is 39.5 Å². The Hall–Kier alpha value is -5.70. The summed E-state index contributed by atoms with van der Waals surface area (Å²) >= 11 is 0. The molecule has 0 amide bonds. The smallest absolute Gasteiger partial charge is 0.221 e. The van der Waals surface area contributed by atoms with Crippen LogP contribution in [0.25, 0.3) is 0 Å². The third-order valence-corrected chi connectivity index (χ3v) is 9.74. The second-order valence-electron chi connectivity index (χ2n) is 14.0. The van der Waals surface area contributed by atoms with Crippen LogP contribution in [-0.2, 0) is 21.6 Å². The van der Waals surface area contributed by atoms with E-state index < -0.39 is 146 Å². The van der Waals surface area contributed by atoms with Crippen molar-refractivity contribution in [2.24, 2.45) is 0 Å². The number of hydrogen-bond acceptors (Lipinski definition) is 3. The van der Waals surface area contributed by atoms with E-state index in [2.05, 4.69) is 81.4 Å². The number of para-hydroxylation sites is 2. The van der Waals surface area contributed by atoms with Crippen molar-refractivity contribution in [3.05, 3.63) is 176 Å². The maximum Gasteiger partial charge on any atom is 0.221 e. The molecule has 5 nitrogen and oxygen atoms in total. The van der Waals surface area contributed by atoms with Crippen molar-refractivity contribution in [3.8, 4) is 0 Å².